The second-order valence-electron chi connectivity index (χ2n) is 4.49. The van der Waals surface area contributed by atoms with E-state index in [4.69, 9.17) is 4.74 Å². The van der Waals surface area contributed by atoms with Gasteiger partial charge in [0, 0.05) is 26.2 Å². The molecular formula is C12H18N2O4S. The van der Waals surface area contributed by atoms with Gasteiger partial charge in [-0.3, -0.25) is 0 Å². The average molecular weight is 286 g/mol. The number of β-amino-alcohol motifs (C(OH)–C–C–N with tert-alkyl or cyclic N) is 1. The molecule has 1 aromatic carbocycles. The topological polar surface area (TPSA) is 78.9 Å². The molecule has 1 heterocycles. The lowest BCUT2D eigenvalue weighted by Crippen LogP contribution is -2.44. The SMILES string of the molecule is COc1cccc(S(=O)(=O)N(C)[C@@H]2CNC[C@H]2O)c1. The summed E-state index contributed by atoms with van der Waals surface area (Å²) in [5.74, 6) is 0.486. The summed E-state index contributed by atoms with van der Waals surface area (Å²) in [6.07, 6.45) is -0.689. The highest BCUT2D eigenvalue weighted by molar-refractivity contribution is 7.89. The summed E-state index contributed by atoms with van der Waals surface area (Å²) in [6, 6.07) is 5.86. The fourth-order valence-corrected chi connectivity index (χ4v) is 3.55. The van der Waals surface area contributed by atoms with Crippen molar-refractivity contribution in [3.05, 3.63) is 24.3 Å². The molecule has 0 aliphatic carbocycles. The van der Waals surface area contributed by atoms with Crippen molar-refractivity contribution in [3.63, 3.8) is 0 Å². The van der Waals surface area contributed by atoms with Crippen molar-refractivity contribution in [2.75, 3.05) is 27.2 Å². The molecule has 0 saturated carbocycles. The molecule has 1 aliphatic heterocycles. The zero-order valence-electron chi connectivity index (χ0n) is 10.9. The summed E-state index contributed by atoms with van der Waals surface area (Å²) in [5.41, 5.74) is 0. The second kappa shape index (κ2) is 5.46. The van der Waals surface area contributed by atoms with E-state index in [0.717, 1.165) is 0 Å². The van der Waals surface area contributed by atoms with Gasteiger partial charge in [-0.15, -0.1) is 0 Å². The normalized spacial score (nSPS) is 23.8. The Bertz CT molecular complexity index is 546. The fourth-order valence-electron chi connectivity index (χ4n) is 2.13. The van der Waals surface area contributed by atoms with Crippen molar-refractivity contribution < 1.29 is 18.3 Å². The predicted molar refractivity (Wildman–Crippen MR) is 70.6 cm³/mol. The van der Waals surface area contributed by atoms with Gasteiger partial charge in [-0.1, -0.05) is 6.07 Å². The first-order chi connectivity index (χ1) is 8.96. The van der Waals surface area contributed by atoms with Crippen molar-refractivity contribution in [2.24, 2.45) is 0 Å². The number of hydrogen-bond donors (Lipinski definition) is 2. The van der Waals surface area contributed by atoms with E-state index in [9.17, 15) is 13.5 Å². The van der Waals surface area contributed by atoms with Gasteiger partial charge in [-0.25, -0.2) is 8.42 Å². The third-order valence-corrected chi connectivity index (χ3v) is 5.22. The maximum Gasteiger partial charge on any atom is 0.243 e. The van der Waals surface area contributed by atoms with Crippen LogP contribution in [0.4, 0.5) is 0 Å². The molecule has 0 bridgehead atoms. The molecule has 106 valence electrons. The van der Waals surface area contributed by atoms with Crippen LogP contribution in [0.5, 0.6) is 5.75 Å². The van der Waals surface area contributed by atoms with Crippen molar-refractivity contribution in [2.45, 2.75) is 17.0 Å². The van der Waals surface area contributed by atoms with E-state index >= 15 is 0 Å². The quantitative estimate of drug-likeness (QED) is 0.791. The van der Waals surface area contributed by atoms with Gasteiger partial charge in [0.1, 0.15) is 5.75 Å². The van der Waals surface area contributed by atoms with E-state index in [0.29, 0.717) is 18.8 Å². The maximum atomic E-state index is 12.5. The number of aliphatic hydroxyl groups is 1. The van der Waals surface area contributed by atoms with E-state index in [1.54, 1.807) is 12.1 Å². The minimum atomic E-state index is -3.63. The molecule has 2 rings (SSSR count). The number of likely N-dealkylation sites (N-methyl/N-ethyl adjacent to an activating group) is 1. The first-order valence-electron chi connectivity index (χ1n) is 5.97. The lowest BCUT2D eigenvalue weighted by Gasteiger charge is -2.25. The van der Waals surface area contributed by atoms with Crippen LogP contribution in [0.2, 0.25) is 0 Å². The molecule has 1 fully saturated rings. The van der Waals surface area contributed by atoms with Gasteiger partial charge in [0.05, 0.1) is 24.2 Å². The van der Waals surface area contributed by atoms with Crippen LogP contribution in [0, 0.1) is 0 Å². The zero-order chi connectivity index (χ0) is 14.0. The molecule has 7 heteroatoms. The lowest BCUT2D eigenvalue weighted by atomic mass is 10.2. The van der Waals surface area contributed by atoms with Gasteiger partial charge in [0.25, 0.3) is 0 Å². The summed E-state index contributed by atoms with van der Waals surface area (Å²) < 4.78 is 31.2. The van der Waals surface area contributed by atoms with Crippen LogP contribution in [0.25, 0.3) is 0 Å². The molecular weight excluding hydrogens is 268 g/mol. The highest BCUT2D eigenvalue weighted by atomic mass is 32.2. The zero-order valence-corrected chi connectivity index (χ0v) is 11.7. The molecule has 1 aromatic rings. The van der Waals surface area contributed by atoms with Gasteiger partial charge in [0.2, 0.25) is 10.0 Å². The number of methoxy groups -OCH3 is 1. The van der Waals surface area contributed by atoms with Crippen molar-refractivity contribution in [3.8, 4) is 5.75 Å². The highest BCUT2D eigenvalue weighted by Gasteiger charge is 2.35. The van der Waals surface area contributed by atoms with Crippen LogP contribution in [0.15, 0.2) is 29.2 Å². The van der Waals surface area contributed by atoms with Gasteiger partial charge >= 0.3 is 0 Å². The van der Waals surface area contributed by atoms with Crippen molar-refractivity contribution in [1.82, 2.24) is 9.62 Å². The van der Waals surface area contributed by atoms with E-state index in [1.807, 2.05) is 0 Å². The van der Waals surface area contributed by atoms with Crippen LogP contribution in [0.1, 0.15) is 0 Å². The van der Waals surface area contributed by atoms with Crippen LogP contribution < -0.4 is 10.1 Å². The summed E-state index contributed by atoms with van der Waals surface area (Å²) in [4.78, 5) is 0.161. The summed E-state index contributed by atoms with van der Waals surface area (Å²) >= 11 is 0. The largest absolute Gasteiger partial charge is 0.497 e. The summed E-state index contributed by atoms with van der Waals surface area (Å²) in [5, 5.41) is 12.7. The molecule has 0 radical (unpaired) electrons. The Labute approximate surface area is 113 Å². The highest BCUT2D eigenvalue weighted by Crippen LogP contribution is 2.22. The number of hydrogen-bond acceptors (Lipinski definition) is 5. The number of ether oxygens (including phenoxy) is 1. The smallest absolute Gasteiger partial charge is 0.243 e. The minimum Gasteiger partial charge on any atom is -0.497 e. The number of nitrogens with one attached hydrogen (secondary N) is 1. The molecule has 2 atom stereocenters. The van der Waals surface area contributed by atoms with E-state index in [-0.39, 0.29) is 4.90 Å². The summed E-state index contributed by atoms with van der Waals surface area (Å²) in [7, 11) is -0.667. The van der Waals surface area contributed by atoms with E-state index in [2.05, 4.69) is 5.32 Å². The second-order valence-corrected chi connectivity index (χ2v) is 6.49. The van der Waals surface area contributed by atoms with Crippen LogP contribution >= 0.6 is 0 Å². The number of nitrogens with zero attached hydrogens (tertiary/aromatic N) is 1. The number of rotatable bonds is 4. The lowest BCUT2D eigenvalue weighted by molar-refractivity contribution is 0.136. The average Bonchev–Trinajstić information content (AvgIpc) is 2.84. The number of aliphatic hydroxyl groups excluding tert-OH is 1. The molecule has 19 heavy (non-hydrogen) atoms. The number of sulfonamides is 1. The monoisotopic (exact) mass is 286 g/mol. The maximum absolute atomic E-state index is 12.5. The Morgan fingerprint density at radius 3 is 2.74 bits per heavy atom. The van der Waals surface area contributed by atoms with Crippen LogP contribution in [0.3, 0.4) is 0 Å². The van der Waals surface area contributed by atoms with Crippen LogP contribution in [-0.4, -0.2) is 57.2 Å². The molecule has 6 nitrogen and oxygen atoms in total. The Balaban J connectivity index is 2.30. The standard InChI is InChI=1S/C12H18N2O4S/c1-14(11-7-13-8-12(11)15)19(16,17)10-5-3-4-9(6-10)18-2/h3-6,11-13,15H,7-8H2,1-2H3/t11-,12-/m1/s1. The van der Waals surface area contributed by atoms with Gasteiger partial charge < -0.3 is 15.2 Å². The Morgan fingerprint density at radius 1 is 1.42 bits per heavy atom. The Morgan fingerprint density at radius 2 is 2.16 bits per heavy atom. The third kappa shape index (κ3) is 2.74. The molecule has 0 spiro atoms. The number of benzene rings is 1. The molecule has 1 saturated heterocycles. The Kier molecular flexibility index (Phi) is 4.10. The fraction of sp³-hybridized carbons (Fsp3) is 0.500. The van der Waals surface area contributed by atoms with E-state index in [1.165, 1.54) is 30.6 Å². The summed E-state index contributed by atoms with van der Waals surface area (Å²) in [6.45, 7) is 0.851. The molecule has 0 unspecified atom stereocenters. The van der Waals surface area contributed by atoms with Crippen LogP contribution in [-0.2, 0) is 10.0 Å². The molecule has 0 aromatic heterocycles. The van der Waals surface area contributed by atoms with Gasteiger partial charge in [0.15, 0.2) is 0 Å². The first kappa shape index (κ1) is 14.3. The minimum absolute atomic E-state index is 0.161. The van der Waals surface area contributed by atoms with Crippen molar-refractivity contribution >= 4 is 10.0 Å². The Hall–Kier alpha value is -1.15. The van der Waals surface area contributed by atoms with Gasteiger partial charge in [-0.05, 0) is 12.1 Å². The van der Waals surface area contributed by atoms with Crippen molar-refractivity contribution in [1.29, 1.82) is 0 Å². The predicted octanol–water partition coefficient (Wildman–Crippen LogP) is -0.352. The van der Waals surface area contributed by atoms with Gasteiger partial charge in [-0.2, -0.15) is 4.31 Å². The molecule has 1 aliphatic rings. The third-order valence-electron chi connectivity index (χ3n) is 3.34. The van der Waals surface area contributed by atoms with E-state index < -0.39 is 22.2 Å². The first-order valence-corrected chi connectivity index (χ1v) is 7.41. The molecule has 0 amide bonds. The molecule has 2 N–H and O–H groups in total.